The molecule has 2 amide bonds. The van der Waals surface area contributed by atoms with E-state index in [1.54, 1.807) is 4.90 Å². The van der Waals surface area contributed by atoms with E-state index in [9.17, 15) is 18.0 Å². The molecule has 1 aromatic carbocycles. The molecular weight excluding hydrogens is 394 g/mol. The predicted molar refractivity (Wildman–Crippen MR) is 99.7 cm³/mol. The van der Waals surface area contributed by atoms with E-state index in [2.05, 4.69) is 5.32 Å². The van der Waals surface area contributed by atoms with Crippen molar-refractivity contribution < 1.29 is 22.7 Å². The fraction of sp³-hybridized carbons (Fsp3) is 0.529. The van der Waals surface area contributed by atoms with Crippen LogP contribution >= 0.6 is 12.4 Å². The van der Waals surface area contributed by atoms with Gasteiger partial charge in [-0.05, 0) is 31.0 Å². The number of sulfonamides is 1. The van der Waals surface area contributed by atoms with Gasteiger partial charge in [0.1, 0.15) is 4.90 Å². The van der Waals surface area contributed by atoms with Crippen LogP contribution < -0.4 is 5.32 Å². The lowest BCUT2D eigenvalue weighted by Crippen LogP contribution is -2.46. The van der Waals surface area contributed by atoms with Crippen LogP contribution in [0.15, 0.2) is 23.1 Å². The molecule has 0 aliphatic carbocycles. The Kier molecular flexibility index (Phi) is 5.76. The second-order valence-electron chi connectivity index (χ2n) is 6.73. The first kappa shape index (κ1) is 20.1. The highest BCUT2D eigenvalue weighted by Crippen LogP contribution is 2.32. The van der Waals surface area contributed by atoms with E-state index < -0.39 is 15.9 Å². The normalized spacial score (nSPS) is 23.9. The first-order valence-electron chi connectivity index (χ1n) is 8.81. The number of benzene rings is 1. The van der Waals surface area contributed by atoms with Crippen LogP contribution in [0, 0.1) is 0 Å². The predicted octanol–water partition coefficient (Wildman–Crippen LogP) is 0.477. The molecule has 0 spiro atoms. The molecule has 0 saturated carbocycles. The first-order valence-corrected chi connectivity index (χ1v) is 10.3. The Labute approximate surface area is 164 Å². The molecule has 10 heteroatoms. The minimum atomic E-state index is -3.95. The summed E-state index contributed by atoms with van der Waals surface area (Å²) < 4.78 is 32.0. The summed E-state index contributed by atoms with van der Waals surface area (Å²) in [5, 5.41) is 3.17. The van der Waals surface area contributed by atoms with E-state index in [-0.39, 0.29) is 41.4 Å². The lowest BCUT2D eigenvalue weighted by atomic mass is 10.1. The van der Waals surface area contributed by atoms with Crippen LogP contribution in [0.4, 0.5) is 0 Å². The van der Waals surface area contributed by atoms with Crippen LogP contribution in [0.2, 0.25) is 0 Å². The largest absolute Gasteiger partial charge is 0.376 e. The summed E-state index contributed by atoms with van der Waals surface area (Å²) in [6.45, 7) is 3.19. The van der Waals surface area contributed by atoms with Gasteiger partial charge in [0.15, 0.2) is 0 Å². The summed E-state index contributed by atoms with van der Waals surface area (Å²) in [5.41, 5.74) is 0.417. The number of carbonyl (C=O) groups is 2. The molecule has 1 unspecified atom stereocenters. The number of rotatable bonds is 3. The molecule has 0 bridgehead atoms. The van der Waals surface area contributed by atoms with Gasteiger partial charge in [-0.3, -0.25) is 9.59 Å². The second-order valence-corrected chi connectivity index (χ2v) is 8.56. The van der Waals surface area contributed by atoms with Crippen molar-refractivity contribution in [2.45, 2.75) is 23.8 Å². The molecule has 148 valence electrons. The molecule has 0 radical (unpaired) electrons. The van der Waals surface area contributed by atoms with Crippen LogP contribution in [0.3, 0.4) is 0 Å². The molecule has 27 heavy (non-hydrogen) atoms. The van der Waals surface area contributed by atoms with Crippen LogP contribution in [0.5, 0.6) is 0 Å². The highest BCUT2D eigenvalue weighted by atomic mass is 35.5. The molecule has 3 heterocycles. The molecule has 1 N–H and O–H groups in total. The fourth-order valence-corrected chi connectivity index (χ4v) is 5.24. The summed E-state index contributed by atoms with van der Waals surface area (Å²) in [7, 11) is -3.95. The average Bonchev–Trinajstić information content (AvgIpc) is 3.24. The van der Waals surface area contributed by atoms with E-state index in [0.29, 0.717) is 38.3 Å². The van der Waals surface area contributed by atoms with E-state index in [4.69, 9.17) is 4.74 Å². The van der Waals surface area contributed by atoms with Crippen LogP contribution in [0.1, 0.15) is 33.6 Å². The van der Waals surface area contributed by atoms with E-state index in [1.807, 2.05) is 0 Å². The van der Waals surface area contributed by atoms with E-state index in [1.165, 1.54) is 18.2 Å². The Hall–Kier alpha value is -1.68. The molecule has 1 atom stereocenters. The van der Waals surface area contributed by atoms with Gasteiger partial charge in [-0.2, -0.15) is 0 Å². The van der Waals surface area contributed by atoms with Gasteiger partial charge < -0.3 is 15.0 Å². The fourth-order valence-electron chi connectivity index (χ4n) is 3.61. The summed E-state index contributed by atoms with van der Waals surface area (Å²) in [6, 6.07) is 4.31. The maximum atomic E-state index is 12.8. The van der Waals surface area contributed by atoms with Crippen LogP contribution in [0.25, 0.3) is 0 Å². The number of amides is 2. The van der Waals surface area contributed by atoms with Gasteiger partial charge in [-0.15, -0.1) is 12.4 Å². The second kappa shape index (κ2) is 7.75. The molecular formula is C17H22ClN3O5S. The van der Waals surface area contributed by atoms with Crippen molar-refractivity contribution in [2.75, 3.05) is 39.3 Å². The number of hydrogen-bond acceptors (Lipinski definition) is 6. The van der Waals surface area contributed by atoms with Gasteiger partial charge in [-0.25, -0.2) is 12.7 Å². The Bertz CT molecular complexity index is 848. The minimum Gasteiger partial charge on any atom is -0.376 e. The molecule has 4 rings (SSSR count). The third kappa shape index (κ3) is 3.56. The molecule has 2 saturated heterocycles. The van der Waals surface area contributed by atoms with Gasteiger partial charge in [0.2, 0.25) is 0 Å². The quantitative estimate of drug-likeness (QED) is 0.771. The monoisotopic (exact) mass is 415 g/mol. The van der Waals surface area contributed by atoms with Gasteiger partial charge in [0.05, 0.1) is 18.2 Å². The zero-order chi connectivity index (χ0) is 18.3. The Morgan fingerprint density at radius 2 is 2.00 bits per heavy atom. The average molecular weight is 416 g/mol. The zero-order valence-corrected chi connectivity index (χ0v) is 16.4. The van der Waals surface area contributed by atoms with Gasteiger partial charge in [-0.1, -0.05) is 0 Å². The molecule has 1 aromatic rings. The zero-order valence-electron chi connectivity index (χ0n) is 14.7. The van der Waals surface area contributed by atoms with Crippen molar-refractivity contribution in [2.24, 2.45) is 0 Å². The standard InChI is InChI=1S/C17H21N3O5S.ClH/c21-16(19-7-5-18-6-8-19)12-3-4-14-15(10-12)26(23,24)20(17(14)22)11-13-2-1-9-25-13;/h3-4,10,13,18H,1-2,5-9,11H2;1H. The van der Waals surface area contributed by atoms with Crippen molar-refractivity contribution in [3.05, 3.63) is 29.3 Å². The number of nitrogens with zero attached hydrogens (tertiary/aromatic N) is 2. The Morgan fingerprint density at radius 3 is 2.67 bits per heavy atom. The van der Waals surface area contributed by atoms with Crippen molar-refractivity contribution >= 4 is 34.2 Å². The number of ether oxygens (including phenoxy) is 1. The van der Waals surface area contributed by atoms with E-state index >= 15 is 0 Å². The SMILES string of the molecule is Cl.O=C(c1ccc2c(c1)S(=O)(=O)N(CC1CCCO1)C2=O)N1CCNCC1. The molecule has 2 fully saturated rings. The highest BCUT2D eigenvalue weighted by Gasteiger charge is 2.43. The molecule has 3 aliphatic rings. The Balaban J connectivity index is 0.00000210. The van der Waals surface area contributed by atoms with Crippen LogP contribution in [-0.2, 0) is 14.8 Å². The number of halogens is 1. The molecule has 3 aliphatic heterocycles. The number of hydrogen-bond donors (Lipinski definition) is 1. The van der Waals surface area contributed by atoms with Gasteiger partial charge in [0, 0.05) is 38.3 Å². The first-order chi connectivity index (χ1) is 12.5. The maximum absolute atomic E-state index is 12.8. The third-order valence-corrected chi connectivity index (χ3v) is 6.84. The van der Waals surface area contributed by atoms with Crippen molar-refractivity contribution in [3.63, 3.8) is 0 Å². The third-order valence-electron chi connectivity index (χ3n) is 5.05. The number of nitrogens with one attached hydrogen (secondary N) is 1. The lowest BCUT2D eigenvalue weighted by Gasteiger charge is -2.27. The minimum absolute atomic E-state index is 0. The van der Waals surface area contributed by atoms with Crippen LogP contribution in [-0.4, -0.2) is 74.9 Å². The molecule has 0 aromatic heterocycles. The Morgan fingerprint density at radius 1 is 1.26 bits per heavy atom. The van der Waals surface area contributed by atoms with Crippen molar-refractivity contribution in [3.8, 4) is 0 Å². The summed E-state index contributed by atoms with van der Waals surface area (Å²) in [5.74, 6) is -0.758. The van der Waals surface area contributed by atoms with Gasteiger partial charge in [0.25, 0.3) is 21.8 Å². The van der Waals surface area contributed by atoms with E-state index in [0.717, 1.165) is 17.1 Å². The summed E-state index contributed by atoms with van der Waals surface area (Å²) in [4.78, 5) is 26.8. The summed E-state index contributed by atoms with van der Waals surface area (Å²) in [6.07, 6.45) is 1.34. The topological polar surface area (TPSA) is 96.0 Å². The highest BCUT2D eigenvalue weighted by molar-refractivity contribution is 7.90. The maximum Gasteiger partial charge on any atom is 0.269 e. The van der Waals surface area contributed by atoms with Crippen molar-refractivity contribution in [1.82, 2.24) is 14.5 Å². The summed E-state index contributed by atoms with van der Waals surface area (Å²) >= 11 is 0. The lowest BCUT2D eigenvalue weighted by molar-refractivity contribution is 0.0706. The molecule has 8 nitrogen and oxygen atoms in total. The van der Waals surface area contributed by atoms with Crippen molar-refractivity contribution in [1.29, 1.82) is 0 Å². The number of carbonyl (C=O) groups excluding carboxylic acids is 2. The number of piperazine rings is 1. The van der Waals surface area contributed by atoms with Gasteiger partial charge >= 0.3 is 0 Å². The number of fused-ring (bicyclic) bond motifs is 1. The smallest absolute Gasteiger partial charge is 0.269 e.